The standard InChI is InChI=1S/C25H26N4O3.C19H20BrN3O.C12H7BrClN3/c1-32-23-11-15(2-8-22(23)31)17-10-20-21(14-28-25(20)27-13-17)16-3-9-24(26-12-16)29-18-4-6-19(30)7-5-18;20-14-8-17-18(11-23-19(17)22-10-14)13-3-4-15(21-9-13)7-12-1-5-16(24)6-2-12;13-8-3-9-10(6-17-12(9)16-5-8)7-1-2-11(14)15-4-7/h2-3,8-14,18-19,30-31H,4-7H2,1H3,(H,26,29)(H,27,28);3-4,8-12,16,24H,1-2,5-7H2,(H,22,23);1-6H,(H,16,17). The highest BCUT2D eigenvalue weighted by Gasteiger charge is 2.21. The minimum Gasteiger partial charge on any atom is -0.504 e. The summed E-state index contributed by atoms with van der Waals surface area (Å²) in [5.74, 6) is 2.04. The highest BCUT2D eigenvalue weighted by Crippen LogP contribution is 2.36. The zero-order chi connectivity index (χ0) is 50.4. The number of methoxy groups -OCH3 is 1. The Morgan fingerprint density at radius 3 is 1.60 bits per heavy atom. The van der Waals surface area contributed by atoms with Gasteiger partial charge in [0, 0.05) is 132 Å². The number of nitrogens with one attached hydrogen (secondary N) is 4. The van der Waals surface area contributed by atoms with Crippen molar-refractivity contribution < 1.29 is 20.1 Å². The SMILES string of the molecule is COc1cc(-c2cnc3[nH]cc(-c4ccc(NC5CCC(O)CC5)nc4)c3c2)ccc1O.Clc1ccc(-c2c[nH]c3ncc(Br)cc23)cn1.OC1CCC(Cc2ccc(-c3c[nH]c4ncc(Br)cc34)cn2)CC1. The Labute approximate surface area is 443 Å². The number of ether oxygens (including phenoxy) is 1. The Morgan fingerprint density at radius 1 is 0.562 bits per heavy atom. The van der Waals surface area contributed by atoms with E-state index in [0.29, 0.717) is 22.9 Å². The second kappa shape index (κ2) is 22.6. The van der Waals surface area contributed by atoms with Crippen molar-refractivity contribution in [3.8, 4) is 56.0 Å². The number of halogens is 3. The number of fused-ring (bicyclic) bond motifs is 3. The van der Waals surface area contributed by atoms with Crippen LogP contribution in [0.4, 0.5) is 5.82 Å². The van der Waals surface area contributed by atoms with Crippen LogP contribution in [0.2, 0.25) is 5.15 Å². The lowest BCUT2D eigenvalue weighted by Gasteiger charge is -2.26. The van der Waals surface area contributed by atoms with E-state index in [4.69, 9.17) is 16.3 Å². The molecule has 9 aromatic heterocycles. The predicted molar refractivity (Wildman–Crippen MR) is 296 cm³/mol. The van der Waals surface area contributed by atoms with E-state index in [9.17, 15) is 15.3 Å². The number of aliphatic hydroxyl groups is 2. The number of hydrogen-bond acceptors (Lipinski definition) is 11. The molecule has 9 heterocycles. The number of aliphatic hydroxyl groups excluding tert-OH is 2. The Bertz CT molecular complexity index is 3460. The second-order valence-corrected chi connectivity index (χ2v) is 20.8. The molecule has 73 heavy (non-hydrogen) atoms. The Morgan fingerprint density at radius 2 is 1.07 bits per heavy atom. The van der Waals surface area contributed by atoms with Crippen molar-refractivity contribution in [1.82, 2.24) is 44.9 Å². The lowest BCUT2D eigenvalue weighted by atomic mass is 9.84. The van der Waals surface area contributed by atoms with E-state index in [0.717, 1.165) is 156 Å². The molecule has 0 aliphatic heterocycles. The molecule has 7 N–H and O–H groups in total. The highest BCUT2D eigenvalue weighted by molar-refractivity contribution is 9.10. The summed E-state index contributed by atoms with van der Waals surface area (Å²) in [5.41, 5.74) is 11.9. The molecule has 14 nitrogen and oxygen atoms in total. The van der Waals surface area contributed by atoms with Gasteiger partial charge in [0.05, 0.1) is 19.3 Å². The fourth-order valence-corrected chi connectivity index (χ4v) is 10.4. The average Bonchev–Trinajstić information content (AvgIpc) is 4.16. The van der Waals surface area contributed by atoms with Crippen LogP contribution in [-0.4, -0.2) is 85.5 Å². The van der Waals surface area contributed by atoms with Gasteiger partial charge in [0.1, 0.15) is 27.9 Å². The maximum Gasteiger partial charge on any atom is 0.161 e. The molecule has 0 bridgehead atoms. The maximum absolute atomic E-state index is 9.88. The third-order valence-electron chi connectivity index (χ3n) is 13.7. The molecule has 12 rings (SSSR count). The molecule has 0 amide bonds. The van der Waals surface area contributed by atoms with Gasteiger partial charge in [-0.1, -0.05) is 23.7 Å². The summed E-state index contributed by atoms with van der Waals surface area (Å²) in [6.45, 7) is 0. The molecule has 2 aliphatic rings. The Kier molecular flexibility index (Phi) is 15.4. The highest BCUT2D eigenvalue weighted by atomic mass is 79.9. The monoisotopic (exact) mass is 1120 g/mol. The van der Waals surface area contributed by atoms with Crippen molar-refractivity contribution in [2.45, 2.75) is 76.0 Å². The fraction of sp³-hybridized carbons (Fsp3) is 0.250. The minimum absolute atomic E-state index is 0.0913. The van der Waals surface area contributed by atoms with Crippen molar-refractivity contribution in [3.63, 3.8) is 0 Å². The number of pyridine rings is 6. The Hall–Kier alpha value is -6.69. The van der Waals surface area contributed by atoms with Crippen LogP contribution in [0.25, 0.3) is 77.6 Å². The summed E-state index contributed by atoms with van der Waals surface area (Å²) < 4.78 is 7.16. The van der Waals surface area contributed by atoms with Gasteiger partial charge in [-0.05, 0) is 162 Å². The van der Waals surface area contributed by atoms with Crippen LogP contribution in [0.1, 0.15) is 57.1 Å². The summed E-state index contributed by atoms with van der Waals surface area (Å²) in [5, 5.41) is 36.3. The Balaban J connectivity index is 0.000000132. The van der Waals surface area contributed by atoms with E-state index in [1.165, 1.54) is 7.11 Å². The number of nitrogens with zero attached hydrogens (tertiary/aromatic N) is 6. The van der Waals surface area contributed by atoms with Crippen molar-refractivity contribution in [2.75, 3.05) is 12.4 Å². The minimum atomic E-state index is -0.161. The number of rotatable bonds is 9. The second-order valence-electron chi connectivity index (χ2n) is 18.6. The molecule has 10 aromatic rings. The van der Waals surface area contributed by atoms with Gasteiger partial charge >= 0.3 is 0 Å². The van der Waals surface area contributed by atoms with Gasteiger partial charge in [-0.2, -0.15) is 0 Å². The quantitative estimate of drug-likeness (QED) is 0.0677. The summed E-state index contributed by atoms with van der Waals surface area (Å²) in [7, 11) is 1.54. The molecule has 372 valence electrons. The lowest BCUT2D eigenvalue weighted by Crippen LogP contribution is -2.28. The zero-order valence-electron chi connectivity index (χ0n) is 39.9. The van der Waals surface area contributed by atoms with Crippen LogP contribution >= 0.6 is 43.5 Å². The number of benzene rings is 1. The number of hydrogen-bond donors (Lipinski definition) is 7. The lowest BCUT2D eigenvalue weighted by molar-refractivity contribution is 0.108. The number of aromatic nitrogens is 9. The van der Waals surface area contributed by atoms with Crippen molar-refractivity contribution in [2.24, 2.45) is 5.92 Å². The number of phenols is 1. The molecule has 1 aromatic carbocycles. The van der Waals surface area contributed by atoms with Crippen molar-refractivity contribution in [1.29, 1.82) is 0 Å². The van der Waals surface area contributed by atoms with Gasteiger partial charge in [0.2, 0.25) is 0 Å². The van der Waals surface area contributed by atoms with Gasteiger partial charge < -0.3 is 40.3 Å². The normalized spacial score (nSPS) is 17.7. The average molecular weight is 1130 g/mol. The fourth-order valence-electron chi connectivity index (χ4n) is 9.64. The van der Waals surface area contributed by atoms with Crippen molar-refractivity contribution >= 4 is 82.4 Å². The van der Waals surface area contributed by atoms with Crippen LogP contribution in [0.5, 0.6) is 11.5 Å². The molecular weight excluding hydrogens is 1070 g/mol. The first-order valence-corrected chi connectivity index (χ1v) is 26.3. The first-order valence-electron chi connectivity index (χ1n) is 24.3. The van der Waals surface area contributed by atoms with Gasteiger partial charge in [-0.25, -0.2) is 24.9 Å². The van der Waals surface area contributed by atoms with Crippen LogP contribution in [0.15, 0.2) is 138 Å². The van der Waals surface area contributed by atoms with Gasteiger partial charge in [0.25, 0.3) is 0 Å². The summed E-state index contributed by atoms with van der Waals surface area (Å²) >= 11 is 12.7. The van der Waals surface area contributed by atoms with E-state index in [1.807, 2.05) is 55.2 Å². The number of anilines is 1. The van der Waals surface area contributed by atoms with Crippen molar-refractivity contribution in [3.05, 3.63) is 148 Å². The third-order valence-corrected chi connectivity index (χ3v) is 14.7. The largest absolute Gasteiger partial charge is 0.504 e. The molecule has 0 atom stereocenters. The van der Waals surface area contributed by atoms with Gasteiger partial charge in [-0.3, -0.25) is 4.98 Å². The van der Waals surface area contributed by atoms with E-state index in [-0.39, 0.29) is 18.0 Å². The first-order chi connectivity index (χ1) is 35.5. The zero-order valence-corrected chi connectivity index (χ0v) is 43.8. The van der Waals surface area contributed by atoms with Crippen LogP contribution in [0.3, 0.4) is 0 Å². The van der Waals surface area contributed by atoms with Crippen LogP contribution in [0, 0.1) is 5.92 Å². The van der Waals surface area contributed by atoms with E-state index in [2.05, 4.69) is 112 Å². The molecule has 0 saturated heterocycles. The third kappa shape index (κ3) is 11.9. The molecular formula is C56H53Br2ClN10O4. The smallest absolute Gasteiger partial charge is 0.161 e. The van der Waals surface area contributed by atoms with E-state index in [1.54, 1.807) is 43.0 Å². The summed E-state index contributed by atoms with van der Waals surface area (Å²) in [4.78, 5) is 36.2. The van der Waals surface area contributed by atoms with Gasteiger partial charge in [-0.15, -0.1) is 0 Å². The van der Waals surface area contributed by atoms with Gasteiger partial charge in [0.15, 0.2) is 11.5 Å². The molecule has 2 fully saturated rings. The number of phenolic OH excluding ortho intramolecular Hbond substituents is 1. The topological polar surface area (TPSA) is 207 Å². The summed E-state index contributed by atoms with van der Waals surface area (Å²) in [6.07, 6.45) is 25.2. The molecule has 17 heteroatoms. The molecule has 0 radical (unpaired) electrons. The molecule has 2 aliphatic carbocycles. The number of aromatic hydroxyl groups is 1. The summed E-state index contributed by atoms with van der Waals surface area (Å²) in [6, 6.07) is 23.9. The predicted octanol–water partition coefficient (Wildman–Crippen LogP) is 13.2. The maximum atomic E-state index is 9.88. The van der Waals surface area contributed by atoms with E-state index < -0.39 is 0 Å². The van der Waals surface area contributed by atoms with E-state index >= 15 is 0 Å². The number of aromatic amines is 3. The van der Waals surface area contributed by atoms with Crippen LogP contribution in [-0.2, 0) is 6.42 Å². The first kappa shape index (κ1) is 49.9. The molecule has 2 saturated carbocycles. The molecule has 0 unspecified atom stereocenters. The van der Waals surface area contributed by atoms with Crippen LogP contribution < -0.4 is 10.1 Å². The molecule has 0 spiro atoms. The number of H-pyrrole nitrogens is 3.